The van der Waals surface area contributed by atoms with Crippen molar-refractivity contribution in [2.24, 2.45) is 0 Å². The van der Waals surface area contributed by atoms with Crippen molar-refractivity contribution in [3.63, 3.8) is 0 Å². The number of hydrogen-bond acceptors (Lipinski definition) is 3. The van der Waals surface area contributed by atoms with Crippen LogP contribution in [0.15, 0.2) is 52.4 Å². The molecule has 0 unspecified atom stereocenters. The number of para-hydroxylation sites is 1. The maximum absolute atomic E-state index is 12.9. The summed E-state index contributed by atoms with van der Waals surface area (Å²) in [6.07, 6.45) is 1.94. The van der Waals surface area contributed by atoms with Crippen LogP contribution in [0.25, 0.3) is 16.6 Å². The average molecular weight is 296 g/mol. The standard InChI is InChI=1S/C17H16N2OS/c1-11-7-6-10-15(12(11)2)19-16(20)13-8-4-5-9-14(13)18-17(19)21-3/h4-10H,1-3H3. The van der Waals surface area contributed by atoms with E-state index >= 15 is 0 Å². The van der Waals surface area contributed by atoms with Gasteiger partial charge in [-0.3, -0.25) is 9.36 Å². The Hall–Kier alpha value is -2.07. The van der Waals surface area contributed by atoms with Gasteiger partial charge in [-0.25, -0.2) is 4.98 Å². The molecule has 21 heavy (non-hydrogen) atoms. The van der Waals surface area contributed by atoms with Crippen LogP contribution in [-0.2, 0) is 0 Å². The topological polar surface area (TPSA) is 34.9 Å². The summed E-state index contributed by atoms with van der Waals surface area (Å²) < 4.78 is 1.72. The molecule has 2 aromatic carbocycles. The van der Waals surface area contributed by atoms with Crippen LogP contribution in [-0.4, -0.2) is 15.8 Å². The summed E-state index contributed by atoms with van der Waals surface area (Å²) >= 11 is 1.49. The number of rotatable bonds is 2. The summed E-state index contributed by atoms with van der Waals surface area (Å²) in [7, 11) is 0. The lowest BCUT2D eigenvalue weighted by atomic mass is 10.1. The van der Waals surface area contributed by atoms with Gasteiger partial charge in [-0.1, -0.05) is 36.0 Å². The van der Waals surface area contributed by atoms with Crippen LogP contribution < -0.4 is 5.56 Å². The van der Waals surface area contributed by atoms with Crippen LogP contribution in [0.2, 0.25) is 0 Å². The number of hydrogen-bond donors (Lipinski definition) is 0. The summed E-state index contributed by atoms with van der Waals surface area (Å²) in [4.78, 5) is 17.5. The molecule has 0 amide bonds. The van der Waals surface area contributed by atoms with Gasteiger partial charge in [0.2, 0.25) is 0 Å². The fraction of sp³-hybridized carbons (Fsp3) is 0.176. The van der Waals surface area contributed by atoms with E-state index in [1.165, 1.54) is 17.3 Å². The molecule has 1 aromatic heterocycles. The maximum Gasteiger partial charge on any atom is 0.266 e. The van der Waals surface area contributed by atoms with Crippen LogP contribution in [0.1, 0.15) is 11.1 Å². The predicted molar refractivity (Wildman–Crippen MR) is 88.6 cm³/mol. The van der Waals surface area contributed by atoms with Gasteiger partial charge in [-0.05, 0) is 49.4 Å². The fourth-order valence-corrected chi connectivity index (χ4v) is 2.99. The quantitative estimate of drug-likeness (QED) is 0.534. The highest BCUT2D eigenvalue weighted by Crippen LogP contribution is 2.22. The average Bonchev–Trinajstić information content (AvgIpc) is 2.50. The van der Waals surface area contributed by atoms with E-state index in [0.29, 0.717) is 10.5 Å². The van der Waals surface area contributed by atoms with Gasteiger partial charge < -0.3 is 0 Å². The molecular weight excluding hydrogens is 280 g/mol. The van der Waals surface area contributed by atoms with Crippen molar-refractivity contribution in [1.29, 1.82) is 0 Å². The van der Waals surface area contributed by atoms with E-state index in [-0.39, 0.29) is 5.56 Å². The summed E-state index contributed by atoms with van der Waals surface area (Å²) in [6.45, 7) is 4.09. The summed E-state index contributed by atoms with van der Waals surface area (Å²) in [5, 5.41) is 1.36. The second-order valence-electron chi connectivity index (χ2n) is 4.98. The molecule has 0 aliphatic rings. The molecular formula is C17H16N2OS. The SMILES string of the molecule is CSc1nc2ccccc2c(=O)n1-c1cccc(C)c1C. The molecule has 3 nitrogen and oxygen atoms in total. The molecule has 0 bridgehead atoms. The largest absolute Gasteiger partial charge is 0.268 e. The molecule has 0 N–H and O–H groups in total. The zero-order valence-electron chi connectivity index (χ0n) is 12.3. The molecule has 1 heterocycles. The second-order valence-corrected chi connectivity index (χ2v) is 5.75. The molecule has 0 radical (unpaired) electrons. The third-order valence-electron chi connectivity index (χ3n) is 3.74. The Kier molecular flexibility index (Phi) is 3.55. The first-order valence-electron chi connectivity index (χ1n) is 6.76. The first-order chi connectivity index (χ1) is 10.1. The Morgan fingerprint density at radius 3 is 2.57 bits per heavy atom. The number of nitrogens with zero attached hydrogens (tertiary/aromatic N) is 2. The van der Waals surface area contributed by atoms with Gasteiger partial charge in [0.15, 0.2) is 5.16 Å². The number of thioether (sulfide) groups is 1. The lowest BCUT2D eigenvalue weighted by molar-refractivity contribution is 0.815. The second kappa shape index (κ2) is 5.37. The van der Waals surface area contributed by atoms with E-state index in [4.69, 9.17) is 0 Å². The van der Waals surface area contributed by atoms with Crippen LogP contribution in [0.5, 0.6) is 0 Å². The zero-order valence-corrected chi connectivity index (χ0v) is 13.1. The molecule has 0 fully saturated rings. The van der Waals surface area contributed by atoms with Crippen LogP contribution in [0, 0.1) is 13.8 Å². The van der Waals surface area contributed by atoms with Gasteiger partial charge in [0.05, 0.1) is 16.6 Å². The van der Waals surface area contributed by atoms with Gasteiger partial charge in [0.25, 0.3) is 5.56 Å². The van der Waals surface area contributed by atoms with Crippen molar-refractivity contribution in [2.75, 3.05) is 6.26 Å². The van der Waals surface area contributed by atoms with Crippen LogP contribution >= 0.6 is 11.8 Å². The monoisotopic (exact) mass is 296 g/mol. The summed E-state index contributed by atoms with van der Waals surface area (Å²) in [5.74, 6) is 0. The van der Waals surface area contributed by atoms with Gasteiger partial charge in [0.1, 0.15) is 0 Å². The van der Waals surface area contributed by atoms with Crippen molar-refractivity contribution < 1.29 is 0 Å². The van der Waals surface area contributed by atoms with E-state index in [1.54, 1.807) is 4.57 Å². The van der Waals surface area contributed by atoms with Crippen molar-refractivity contribution in [1.82, 2.24) is 9.55 Å². The normalized spacial score (nSPS) is 11.0. The number of benzene rings is 2. The van der Waals surface area contributed by atoms with Gasteiger partial charge in [-0.2, -0.15) is 0 Å². The van der Waals surface area contributed by atoms with Crippen molar-refractivity contribution in [3.05, 3.63) is 63.9 Å². The molecule has 0 aliphatic heterocycles. The number of fused-ring (bicyclic) bond motifs is 1. The van der Waals surface area contributed by atoms with E-state index in [0.717, 1.165) is 16.8 Å². The van der Waals surface area contributed by atoms with Crippen LogP contribution in [0.3, 0.4) is 0 Å². The van der Waals surface area contributed by atoms with E-state index in [2.05, 4.69) is 18.0 Å². The van der Waals surface area contributed by atoms with Crippen molar-refractivity contribution >= 4 is 22.7 Å². The lowest BCUT2D eigenvalue weighted by Crippen LogP contribution is -2.22. The Morgan fingerprint density at radius 2 is 1.81 bits per heavy atom. The summed E-state index contributed by atoms with van der Waals surface area (Å²) in [6, 6.07) is 13.5. The minimum absolute atomic E-state index is 0.0151. The fourth-order valence-electron chi connectivity index (χ4n) is 2.44. The first kappa shape index (κ1) is 13.9. The molecule has 0 atom stereocenters. The third kappa shape index (κ3) is 2.25. The molecule has 3 rings (SSSR count). The molecule has 0 saturated carbocycles. The minimum Gasteiger partial charge on any atom is -0.268 e. The van der Waals surface area contributed by atoms with Gasteiger partial charge in [0, 0.05) is 0 Å². The zero-order chi connectivity index (χ0) is 15.0. The lowest BCUT2D eigenvalue weighted by Gasteiger charge is -2.15. The van der Waals surface area contributed by atoms with E-state index in [9.17, 15) is 4.79 Å². The van der Waals surface area contributed by atoms with Crippen molar-refractivity contribution in [3.8, 4) is 5.69 Å². The number of aromatic nitrogens is 2. The highest BCUT2D eigenvalue weighted by molar-refractivity contribution is 7.98. The third-order valence-corrected chi connectivity index (χ3v) is 4.38. The number of aryl methyl sites for hydroxylation is 1. The Morgan fingerprint density at radius 1 is 1.05 bits per heavy atom. The van der Waals surface area contributed by atoms with E-state index in [1.807, 2.05) is 49.6 Å². The van der Waals surface area contributed by atoms with Crippen molar-refractivity contribution in [2.45, 2.75) is 19.0 Å². The molecule has 4 heteroatoms. The molecule has 0 saturated heterocycles. The molecule has 0 spiro atoms. The Balaban J connectivity index is 2.44. The Bertz CT molecular complexity index is 884. The predicted octanol–water partition coefficient (Wildman–Crippen LogP) is 3.72. The van der Waals surface area contributed by atoms with E-state index < -0.39 is 0 Å². The smallest absolute Gasteiger partial charge is 0.266 e. The summed E-state index contributed by atoms with van der Waals surface area (Å²) in [5.41, 5.74) is 3.90. The molecule has 0 aliphatic carbocycles. The molecule has 3 aromatic rings. The highest BCUT2D eigenvalue weighted by Gasteiger charge is 2.13. The van der Waals surface area contributed by atoms with Gasteiger partial charge in [-0.15, -0.1) is 0 Å². The van der Waals surface area contributed by atoms with Crippen LogP contribution in [0.4, 0.5) is 0 Å². The molecule has 106 valence electrons. The van der Waals surface area contributed by atoms with Gasteiger partial charge >= 0.3 is 0 Å². The maximum atomic E-state index is 12.9. The first-order valence-corrected chi connectivity index (χ1v) is 7.98. The minimum atomic E-state index is -0.0151. The Labute approximate surface area is 127 Å². The highest BCUT2D eigenvalue weighted by atomic mass is 32.2.